The van der Waals surface area contributed by atoms with E-state index in [9.17, 15) is 9.18 Å². The first-order valence-electron chi connectivity index (χ1n) is 7.01. The van der Waals surface area contributed by atoms with E-state index in [1.165, 1.54) is 0 Å². The van der Waals surface area contributed by atoms with Crippen LogP contribution >= 0.6 is 0 Å². The van der Waals surface area contributed by atoms with Crippen LogP contribution in [0.3, 0.4) is 0 Å². The third kappa shape index (κ3) is 2.53. The lowest BCUT2D eigenvalue weighted by Gasteiger charge is -2.30. The second kappa shape index (κ2) is 5.61. The zero-order chi connectivity index (χ0) is 13.9. The second-order valence-corrected chi connectivity index (χ2v) is 5.34. The van der Waals surface area contributed by atoms with Crippen LogP contribution in [-0.4, -0.2) is 40.1 Å². The molecule has 1 aliphatic rings. The molecule has 0 atom stereocenters. The van der Waals surface area contributed by atoms with Crippen LogP contribution < -0.4 is 0 Å². The fraction of sp³-hybridized carbons (Fsp3) is 0.467. The molecule has 1 aromatic heterocycles. The van der Waals surface area contributed by atoms with Gasteiger partial charge in [0.15, 0.2) is 0 Å². The van der Waals surface area contributed by atoms with Crippen LogP contribution in [0.15, 0.2) is 30.6 Å². The third-order valence-corrected chi connectivity index (χ3v) is 4.02. The van der Waals surface area contributed by atoms with Gasteiger partial charge in [0.1, 0.15) is 6.54 Å². The summed E-state index contributed by atoms with van der Waals surface area (Å²) in [5.74, 6) is 0.221. The summed E-state index contributed by atoms with van der Waals surface area (Å²) in [4.78, 5) is 18.4. The van der Waals surface area contributed by atoms with Gasteiger partial charge in [0.2, 0.25) is 5.91 Å². The highest BCUT2D eigenvalue weighted by Crippen LogP contribution is 2.18. The minimum Gasteiger partial charge on any atom is -0.341 e. The number of hydrogen-bond donors (Lipinski definition) is 0. The second-order valence-electron chi connectivity index (χ2n) is 5.34. The Morgan fingerprint density at radius 3 is 2.80 bits per heavy atom. The molecule has 2 heterocycles. The maximum absolute atomic E-state index is 12.6. The molecule has 1 amide bonds. The van der Waals surface area contributed by atoms with Crippen LogP contribution in [0, 0.1) is 5.92 Å². The molecule has 2 aromatic rings. The van der Waals surface area contributed by atoms with Crippen LogP contribution in [-0.2, 0) is 11.3 Å². The molecule has 0 unspecified atom stereocenters. The van der Waals surface area contributed by atoms with E-state index in [0.717, 1.165) is 23.9 Å². The van der Waals surface area contributed by atoms with E-state index in [2.05, 4.69) is 4.98 Å². The molecule has 0 N–H and O–H groups in total. The smallest absolute Gasteiger partial charge is 0.242 e. The normalized spacial score (nSPS) is 16.8. The quantitative estimate of drug-likeness (QED) is 0.861. The number of alkyl halides is 1. The molecule has 0 aliphatic carbocycles. The number of aromatic nitrogens is 2. The lowest BCUT2D eigenvalue weighted by molar-refractivity contribution is -0.133. The minimum atomic E-state index is -0.270. The molecule has 0 saturated carbocycles. The number of carbonyl (C=O) groups is 1. The Bertz CT molecular complexity index is 602. The summed E-state index contributed by atoms with van der Waals surface area (Å²) in [5, 5.41) is 0. The first-order chi connectivity index (χ1) is 9.78. The van der Waals surface area contributed by atoms with E-state index in [1.807, 2.05) is 33.7 Å². The van der Waals surface area contributed by atoms with Gasteiger partial charge in [0.05, 0.1) is 24.0 Å². The Kier molecular flexibility index (Phi) is 3.67. The molecule has 0 spiro atoms. The molecule has 5 heteroatoms. The topological polar surface area (TPSA) is 38.1 Å². The van der Waals surface area contributed by atoms with Crippen molar-refractivity contribution >= 4 is 16.9 Å². The third-order valence-electron chi connectivity index (χ3n) is 4.02. The highest BCUT2D eigenvalue weighted by Gasteiger charge is 2.22. The number of halogens is 1. The standard InChI is InChI=1S/C15H18FN3O/c16-9-12-5-7-18(8-6-12)15(20)10-19-11-17-13-3-1-2-4-14(13)19/h1-4,11-12H,5-10H2. The number of likely N-dealkylation sites (tertiary alicyclic amines) is 1. The van der Waals surface area contributed by atoms with Gasteiger partial charge >= 0.3 is 0 Å². The number of imidazole rings is 1. The maximum atomic E-state index is 12.6. The van der Waals surface area contributed by atoms with Crippen molar-refractivity contribution < 1.29 is 9.18 Å². The highest BCUT2D eigenvalue weighted by molar-refractivity contribution is 5.80. The Hall–Kier alpha value is -1.91. The predicted octanol–water partition coefficient (Wildman–Crippen LogP) is 2.24. The monoisotopic (exact) mass is 275 g/mol. The van der Waals surface area contributed by atoms with Gasteiger partial charge in [-0.2, -0.15) is 0 Å². The van der Waals surface area contributed by atoms with Crippen LogP contribution in [0.4, 0.5) is 4.39 Å². The number of para-hydroxylation sites is 2. The summed E-state index contributed by atoms with van der Waals surface area (Å²) in [5.41, 5.74) is 1.87. The van der Waals surface area contributed by atoms with E-state index >= 15 is 0 Å². The molecule has 1 fully saturated rings. The predicted molar refractivity (Wildman–Crippen MR) is 75.0 cm³/mol. The number of fused-ring (bicyclic) bond motifs is 1. The summed E-state index contributed by atoms with van der Waals surface area (Å²) in [6.07, 6.45) is 3.25. The molecular formula is C15H18FN3O. The SMILES string of the molecule is O=C(Cn1cnc2ccccc21)N1CCC(CF)CC1. The van der Waals surface area contributed by atoms with Crippen molar-refractivity contribution in [2.24, 2.45) is 5.92 Å². The molecule has 4 nitrogen and oxygen atoms in total. The van der Waals surface area contributed by atoms with E-state index in [4.69, 9.17) is 0 Å². The van der Waals surface area contributed by atoms with E-state index < -0.39 is 0 Å². The average molecular weight is 275 g/mol. The molecule has 106 valence electrons. The first kappa shape index (κ1) is 13.1. The fourth-order valence-corrected chi connectivity index (χ4v) is 2.72. The molecule has 1 saturated heterocycles. The Morgan fingerprint density at radius 1 is 1.30 bits per heavy atom. The summed E-state index contributed by atoms with van der Waals surface area (Å²) in [7, 11) is 0. The lowest BCUT2D eigenvalue weighted by Crippen LogP contribution is -2.40. The zero-order valence-corrected chi connectivity index (χ0v) is 11.3. The number of hydrogen-bond acceptors (Lipinski definition) is 2. The minimum absolute atomic E-state index is 0.0884. The number of amides is 1. The lowest BCUT2D eigenvalue weighted by atomic mass is 9.98. The Labute approximate surface area is 117 Å². The van der Waals surface area contributed by atoms with Crippen molar-refractivity contribution in [2.45, 2.75) is 19.4 Å². The van der Waals surface area contributed by atoms with Crippen molar-refractivity contribution in [2.75, 3.05) is 19.8 Å². The van der Waals surface area contributed by atoms with Crippen LogP contribution in [0.2, 0.25) is 0 Å². The number of carbonyl (C=O) groups excluding carboxylic acids is 1. The van der Waals surface area contributed by atoms with Gasteiger partial charge in [-0.15, -0.1) is 0 Å². The molecule has 3 rings (SSSR count). The number of benzene rings is 1. The van der Waals surface area contributed by atoms with Crippen molar-refractivity contribution in [3.8, 4) is 0 Å². The summed E-state index contributed by atoms with van der Waals surface area (Å²) in [6.45, 7) is 1.37. The maximum Gasteiger partial charge on any atom is 0.242 e. The molecule has 0 bridgehead atoms. The number of nitrogens with zero attached hydrogens (tertiary/aromatic N) is 3. The van der Waals surface area contributed by atoms with E-state index in [-0.39, 0.29) is 18.5 Å². The molecular weight excluding hydrogens is 257 g/mol. The fourth-order valence-electron chi connectivity index (χ4n) is 2.72. The summed E-state index contributed by atoms with van der Waals surface area (Å²) >= 11 is 0. The highest BCUT2D eigenvalue weighted by atomic mass is 19.1. The van der Waals surface area contributed by atoms with Crippen molar-refractivity contribution in [3.05, 3.63) is 30.6 Å². The van der Waals surface area contributed by atoms with Crippen molar-refractivity contribution in [1.82, 2.24) is 14.5 Å². The molecule has 0 radical (unpaired) electrons. The van der Waals surface area contributed by atoms with Gasteiger partial charge in [-0.05, 0) is 30.9 Å². The Morgan fingerprint density at radius 2 is 2.05 bits per heavy atom. The van der Waals surface area contributed by atoms with Gasteiger partial charge in [0, 0.05) is 13.1 Å². The molecule has 1 aromatic carbocycles. The number of rotatable bonds is 3. The average Bonchev–Trinajstić information content (AvgIpc) is 2.91. The van der Waals surface area contributed by atoms with Gasteiger partial charge in [0.25, 0.3) is 0 Å². The largest absolute Gasteiger partial charge is 0.341 e. The van der Waals surface area contributed by atoms with E-state index in [0.29, 0.717) is 19.6 Å². The summed E-state index contributed by atoms with van der Waals surface area (Å²) in [6, 6.07) is 7.77. The van der Waals surface area contributed by atoms with Crippen LogP contribution in [0.5, 0.6) is 0 Å². The van der Waals surface area contributed by atoms with Gasteiger partial charge in [-0.25, -0.2) is 4.98 Å². The number of piperidine rings is 1. The van der Waals surface area contributed by atoms with Gasteiger partial charge < -0.3 is 9.47 Å². The zero-order valence-electron chi connectivity index (χ0n) is 11.3. The first-order valence-corrected chi connectivity index (χ1v) is 7.01. The van der Waals surface area contributed by atoms with Gasteiger partial charge in [-0.1, -0.05) is 12.1 Å². The van der Waals surface area contributed by atoms with Crippen molar-refractivity contribution in [3.63, 3.8) is 0 Å². The Balaban J connectivity index is 1.67. The van der Waals surface area contributed by atoms with E-state index in [1.54, 1.807) is 6.33 Å². The molecule has 20 heavy (non-hydrogen) atoms. The summed E-state index contributed by atoms with van der Waals surface area (Å²) < 4.78 is 14.4. The molecule has 1 aliphatic heterocycles. The van der Waals surface area contributed by atoms with Crippen LogP contribution in [0.25, 0.3) is 11.0 Å². The van der Waals surface area contributed by atoms with Crippen molar-refractivity contribution in [1.29, 1.82) is 0 Å². The van der Waals surface area contributed by atoms with Crippen LogP contribution in [0.1, 0.15) is 12.8 Å². The van der Waals surface area contributed by atoms with Gasteiger partial charge in [-0.3, -0.25) is 9.18 Å².